The average molecular weight is 220 g/mol. The van der Waals surface area contributed by atoms with Crippen LogP contribution in [0.3, 0.4) is 0 Å². The van der Waals surface area contributed by atoms with E-state index in [1.165, 1.54) is 25.3 Å². The molecule has 16 heavy (non-hydrogen) atoms. The van der Waals surface area contributed by atoms with E-state index >= 15 is 0 Å². The number of benzene rings is 2. The molecule has 0 saturated carbocycles. The van der Waals surface area contributed by atoms with Gasteiger partial charge < -0.3 is 9.84 Å². The molecule has 0 amide bonds. The number of fused-ring (bicyclic) bond motifs is 1. The van der Waals surface area contributed by atoms with Crippen LogP contribution in [0.25, 0.3) is 10.8 Å². The van der Waals surface area contributed by atoms with Crippen LogP contribution in [0.15, 0.2) is 24.3 Å². The summed E-state index contributed by atoms with van der Waals surface area (Å²) < 4.78 is 18.6. The molecular weight excluding hydrogens is 211 g/mol. The summed E-state index contributed by atoms with van der Waals surface area (Å²) in [6.07, 6.45) is 0.480. The van der Waals surface area contributed by atoms with Gasteiger partial charge in [0.15, 0.2) is 6.29 Å². The largest absolute Gasteiger partial charge is 0.506 e. The third-order valence-corrected chi connectivity index (χ3v) is 2.44. The van der Waals surface area contributed by atoms with Gasteiger partial charge in [-0.25, -0.2) is 4.39 Å². The normalized spacial score (nSPS) is 10.4. The predicted octanol–water partition coefficient (Wildman–Crippen LogP) is 2.51. The molecule has 4 heteroatoms. The molecule has 0 bridgehead atoms. The number of aldehydes is 1. The Labute approximate surface area is 91.1 Å². The topological polar surface area (TPSA) is 46.5 Å². The average Bonchev–Trinajstić information content (AvgIpc) is 2.30. The number of carbonyl (C=O) groups is 1. The molecule has 0 aliphatic carbocycles. The smallest absolute Gasteiger partial charge is 0.153 e. The third kappa shape index (κ3) is 1.39. The lowest BCUT2D eigenvalue weighted by molar-refractivity contribution is 0.112. The molecule has 0 saturated heterocycles. The van der Waals surface area contributed by atoms with Gasteiger partial charge in [-0.3, -0.25) is 4.79 Å². The quantitative estimate of drug-likeness (QED) is 0.791. The van der Waals surface area contributed by atoms with Crippen molar-refractivity contribution >= 4 is 17.1 Å². The van der Waals surface area contributed by atoms with Crippen molar-refractivity contribution in [1.29, 1.82) is 0 Å². The maximum Gasteiger partial charge on any atom is 0.153 e. The molecule has 3 nitrogen and oxygen atoms in total. The van der Waals surface area contributed by atoms with Crippen LogP contribution in [0, 0.1) is 5.82 Å². The van der Waals surface area contributed by atoms with Crippen molar-refractivity contribution < 1.29 is 19.0 Å². The number of hydrogen-bond acceptors (Lipinski definition) is 3. The van der Waals surface area contributed by atoms with E-state index in [1.807, 2.05) is 0 Å². The summed E-state index contributed by atoms with van der Waals surface area (Å²) in [7, 11) is 1.46. The van der Waals surface area contributed by atoms with Gasteiger partial charge in [-0.05, 0) is 24.3 Å². The summed E-state index contributed by atoms with van der Waals surface area (Å²) in [5, 5.41) is 10.2. The lowest BCUT2D eigenvalue weighted by Crippen LogP contribution is -1.90. The fourth-order valence-electron chi connectivity index (χ4n) is 1.65. The van der Waals surface area contributed by atoms with Crippen molar-refractivity contribution in [2.75, 3.05) is 7.11 Å². The predicted molar refractivity (Wildman–Crippen MR) is 57.5 cm³/mol. The molecule has 2 aromatic rings. The standard InChI is InChI=1S/C12H9FO3/c1-16-10-5-4-9(13)11-8(10)3-2-7(6-14)12(11)15/h2-6,15H,1H3. The SMILES string of the molecule is COc1ccc(F)c2c(O)c(C=O)ccc12. The number of carbonyl (C=O) groups excluding carboxylic acids is 1. The van der Waals surface area contributed by atoms with Gasteiger partial charge in [0.25, 0.3) is 0 Å². The van der Waals surface area contributed by atoms with E-state index in [-0.39, 0.29) is 16.7 Å². The fraction of sp³-hybridized carbons (Fsp3) is 0.0833. The maximum atomic E-state index is 13.5. The molecule has 0 spiro atoms. The van der Waals surface area contributed by atoms with Gasteiger partial charge >= 0.3 is 0 Å². The van der Waals surface area contributed by atoms with Crippen molar-refractivity contribution in [3.05, 3.63) is 35.6 Å². The van der Waals surface area contributed by atoms with Gasteiger partial charge in [0.1, 0.15) is 17.3 Å². The first-order valence-electron chi connectivity index (χ1n) is 4.62. The van der Waals surface area contributed by atoms with Gasteiger partial charge in [0.05, 0.1) is 18.1 Å². The number of rotatable bonds is 2. The lowest BCUT2D eigenvalue weighted by atomic mass is 10.0. The van der Waals surface area contributed by atoms with Gasteiger partial charge in [-0.15, -0.1) is 0 Å². The zero-order chi connectivity index (χ0) is 11.7. The molecule has 0 fully saturated rings. The van der Waals surface area contributed by atoms with E-state index in [2.05, 4.69) is 0 Å². The lowest BCUT2D eigenvalue weighted by Gasteiger charge is -2.08. The highest BCUT2D eigenvalue weighted by atomic mass is 19.1. The minimum absolute atomic E-state index is 0.00366. The van der Waals surface area contributed by atoms with Gasteiger partial charge in [-0.1, -0.05) is 0 Å². The Morgan fingerprint density at radius 3 is 2.69 bits per heavy atom. The van der Waals surface area contributed by atoms with Gasteiger partial charge in [-0.2, -0.15) is 0 Å². The first kappa shape index (κ1) is 10.4. The molecule has 0 aliphatic rings. The Hall–Kier alpha value is -2.10. The molecule has 0 heterocycles. The van der Waals surface area contributed by atoms with Crippen LogP contribution in [-0.2, 0) is 0 Å². The molecule has 0 aromatic heterocycles. The second-order valence-electron chi connectivity index (χ2n) is 3.29. The second kappa shape index (κ2) is 3.81. The summed E-state index contributed by atoms with van der Waals surface area (Å²) in [6.45, 7) is 0. The molecule has 2 rings (SSSR count). The Kier molecular flexibility index (Phi) is 2.48. The summed E-state index contributed by atoms with van der Waals surface area (Å²) >= 11 is 0. The Balaban J connectivity index is 2.92. The number of ether oxygens (including phenoxy) is 1. The van der Waals surface area contributed by atoms with Crippen LogP contribution in [0.2, 0.25) is 0 Å². The number of hydrogen-bond donors (Lipinski definition) is 1. The molecule has 0 aliphatic heterocycles. The first-order chi connectivity index (χ1) is 7.69. The fourth-order valence-corrected chi connectivity index (χ4v) is 1.65. The van der Waals surface area contributed by atoms with Gasteiger partial charge in [0.2, 0.25) is 0 Å². The van der Waals surface area contributed by atoms with Crippen LogP contribution in [0.1, 0.15) is 10.4 Å². The minimum Gasteiger partial charge on any atom is -0.506 e. The number of phenols is 1. The van der Waals surface area contributed by atoms with Crippen molar-refractivity contribution in [2.24, 2.45) is 0 Å². The highest BCUT2D eigenvalue weighted by Gasteiger charge is 2.13. The number of phenolic OH excluding ortho intramolecular Hbond substituents is 1. The zero-order valence-corrected chi connectivity index (χ0v) is 8.53. The van der Waals surface area contributed by atoms with Crippen LogP contribution in [0.5, 0.6) is 11.5 Å². The Morgan fingerprint density at radius 2 is 2.06 bits per heavy atom. The molecule has 0 radical (unpaired) electrons. The number of aromatic hydroxyl groups is 1. The first-order valence-corrected chi connectivity index (χ1v) is 4.62. The highest BCUT2D eigenvalue weighted by Crippen LogP contribution is 2.35. The van der Waals surface area contributed by atoms with Crippen LogP contribution in [-0.4, -0.2) is 18.5 Å². The maximum absolute atomic E-state index is 13.5. The summed E-state index contributed by atoms with van der Waals surface area (Å²) in [6, 6.07) is 5.63. The number of halogens is 1. The molecule has 0 unspecified atom stereocenters. The van der Waals surface area contributed by atoms with Crippen molar-refractivity contribution in [2.45, 2.75) is 0 Å². The monoisotopic (exact) mass is 220 g/mol. The van der Waals surface area contributed by atoms with Crippen LogP contribution in [0.4, 0.5) is 4.39 Å². The van der Waals surface area contributed by atoms with Crippen LogP contribution >= 0.6 is 0 Å². The summed E-state index contributed by atoms with van der Waals surface area (Å²) in [5.74, 6) is -0.495. The molecule has 1 N–H and O–H groups in total. The molecular formula is C12H9FO3. The molecule has 82 valence electrons. The summed E-state index contributed by atoms with van der Waals surface area (Å²) in [4.78, 5) is 10.6. The Morgan fingerprint density at radius 1 is 1.31 bits per heavy atom. The van der Waals surface area contributed by atoms with E-state index in [0.29, 0.717) is 17.4 Å². The molecule has 2 aromatic carbocycles. The minimum atomic E-state index is -0.586. The van der Waals surface area contributed by atoms with Crippen molar-refractivity contribution in [3.63, 3.8) is 0 Å². The second-order valence-corrected chi connectivity index (χ2v) is 3.29. The Bertz CT molecular complexity index is 564. The van der Waals surface area contributed by atoms with E-state index in [9.17, 15) is 14.3 Å². The molecule has 0 atom stereocenters. The van der Waals surface area contributed by atoms with Crippen LogP contribution < -0.4 is 4.74 Å². The summed E-state index contributed by atoms with van der Waals surface area (Å²) in [5.41, 5.74) is 0.0552. The van der Waals surface area contributed by atoms with Crippen molar-refractivity contribution in [1.82, 2.24) is 0 Å². The highest BCUT2D eigenvalue weighted by molar-refractivity contribution is 5.99. The zero-order valence-electron chi connectivity index (χ0n) is 8.53. The van der Waals surface area contributed by atoms with E-state index in [4.69, 9.17) is 4.74 Å². The third-order valence-electron chi connectivity index (χ3n) is 2.44. The van der Waals surface area contributed by atoms with E-state index in [1.54, 1.807) is 6.07 Å². The number of methoxy groups -OCH3 is 1. The van der Waals surface area contributed by atoms with E-state index in [0.717, 1.165) is 0 Å². The van der Waals surface area contributed by atoms with Gasteiger partial charge in [0, 0.05) is 5.39 Å². The van der Waals surface area contributed by atoms with Crippen molar-refractivity contribution in [3.8, 4) is 11.5 Å². The van der Waals surface area contributed by atoms with E-state index < -0.39 is 5.82 Å².